The molecule has 2 aromatic rings. The zero-order valence-corrected chi connectivity index (χ0v) is 13.8. The summed E-state index contributed by atoms with van der Waals surface area (Å²) in [5.41, 5.74) is 1.88. The molecule has 21 heavy (non-hydrogen) atoms. The standard InChI is InChI=1S/C15H17BrFN3O/c1-10-6-15(19-14(18-10)9-21-3)20(2)8-11-4-5-12(17)7-13(11)16/h4-7H,8-9H2,1-3H3. The maximum Gasteiger partial charge on any atom is 0.156 e. The van der Waals surface area contributed by atoms with Gasteiger partial charge in [-0.2, -0.15) is 0 Å². The van der Waals surface area contributed by atoms with E-state index in [1.165, 1.54) is 12.1 Å². The van der Waals surface area contributed by atoms with E-state index in [9.17, 15) is 4.39 Å². The highest BCUT2D eigenvalue weighted by atomic mass is 79.9. The number of nitrogens with zero attached hydrogens (tertiary/aromatic N) is 3. The second-order valence-electron chi connectivity index (χ2n) is 4.81. The van der Waals surface area contributed by atoms with Crippen molar-refractivity contribution in [2.24, 2.45) is 0 Å². The Labute approximate surface area is 132 Å². The molecule has 0 amide bonds. The molecule has 0 radical (unpaired) electrons. The molecule has 0 atom stereocenters. The number of benzene rings is 1. The highest BCUT2D eigenvalue weighted by Crippen LogP contribution is 2.21. The SMILES string of the molecule is COCc1nc(C)cc(N(C)Cc2ccc(F)cc2Br)n1. The number of methoxy groups -OCH3 is 1. The summed E-state index contributed by atoms with van der Waals surface area (Å²) in [4.78, 5) is 10.8. The van der Waals surface area contributed by atoms with Crippen LogP contribution in [-0.4, -0.2) is 24.1 Å². The third kappa shape index (κ3) is 4.22. The molecule has 0 saturated heterocycles. The van der Waals surface area contributed by atoms with Gasteiger partial charge in [-0.05, 0) is 24.6 Å². The second-order valence-corrected chi connectivity index (χ2v) is 5.66. The van der Waals surface area contributed by atoms with E-state index in [-0.39, 0.29) is 5.82 Å². The molecule has 0 unspecified atom stereocenters. The predicted molar refractivity (Wildman–Crippen MR) is 83.7 cm³/mol. The van der Waals surface area contributed by atoms with Crippen LogP contribution in [0.3, 0.4) is 0 Å². The van der Waals surface area contributed by atoms with Gasteiger partial charge in [-0.1, -0.05) is 22.0 Å². The quantitative estimate of drug-likeness (QED) is 0.824. The van der Waals surface area contributed by atoms with E-state index < -0.39 is 0 Å². The van der Waals surface area contributed by atoms with Gasteiger partial charge in [-0.3, -0.25) is 0 Å². The molecule has 1 aromatic carbocycles. The minimum atomic E-state index is -0.256. The van der Waals surface area contributed by atoms with Gasteiger partial charge in [-0.15, -0.1) is 0 Å². The second kappa shape index (κ2) is 6.95. The molecule has 1 heterocycles. The van der Waals surface area contributed by atoms with Crippen LogP contribution < -0.4 is 4.90 Å². The minimum absolute atomic E-state index is 0.256. The van der Waals surface area contributed by atoms with E-state index in [1.807, 2.05) is 24.9 Å². The first-order chi connectivity index (χ1) is 9.99. The lowest BCUT2D eigenvalue weighted by atomic mass is 10.2. The summed E-state index contributed by atoms with van der Waals surface area (Å²) in [6, 6.07) is 6.59. The fourth-order valence-corrected chi connectivity index (χ4v) is 2.46. The zero-order valence-electron chi connectivity index (χ0n) is 12.2. The maximum absolute atomic E-state index is 13.1. The van der Waals surface area contributed by atoms with Gasteiger partial charge in [0.05, 0.1) is 0 Å². The van der Waals surface area contributed by atoms with Gasteiger partial charge >= 0.3 is 0 Å². The summed E-state index contributed by atoms with van der Waals surface area (Å²) >= 11 is 3.38. The number of halogens is 2. The first-order valence-electron chi connectivity index (χ1n) is 6.48. The number of anilines is 1. The van der Waals surface area contributed by atoms with Crippen molar-refractivity contribution >= 4 is 21.7 Å². The fraction of sp³-hybridized carbons (Fsp3) is 0.333. The van der Waals surface area contributed by atoms with Crippen LogP contribution in [0.25, 0.3) is 0 Å². The largest absolute Gasteiger partial charge is 0.377 e. The van der Waals surface area contributed by atoms with Crippen LogP contribution in [0, 0.1) is 12.7 Å². The molecule has 2 rings (SSSR count). The number of aryl methyl sites for hydroxylation is 1. The van der Waals surface area contributed by atoms with Crippen LogP contribution >= 0.6 is 15.9 Å². The summed E-state index contributed by atoms with van der Waals surface area (Å²) < 4.78 is 18.9. The Hall–Kier alpha value is -1.53. The summed E-state index contributed by atoms with van der Waals surface area (Å²) in [6.45, 7) is 2.92. The van der Waals surface area contributed by atoms with Crippen LogP contribution in [-0.2, 0) is 17.9 Å². The summed E-state index contributed by atoms with van der Waals surface area (Å²) in [5, 5.41) is 0. The molecule has 112 valence electrons. The van der Waals surface area contributed by atoms with E-state index in [0.717, 1.165) is 21.5 Å². The van der Waals surface area contributed by atoms with Gasteiger partial charge in [0.2, 0.25) is 0 Å². The molecule has 6 heteroatoms. The molecule has 1 aromatic heterocycles. The number of rotatable bonds is 5. The van der Waals surface area contributed by atoms with Crippen molar-refractivity contribution in [2.75, 3.05) is 19.1 Å². The topological polar surface area (TPSA) is 38.2 Å². The Bertz CT molecular complexity index is 636. The summed E-state index contributed by atoms with van der Waals surface area (Å²) in [6.07, 6.45) is 0. The first-order valence-corrected chi connectivity index (χ1v) is 7.27. The molecular formula is C15H17BrFN3O. The van der Waals surface area contributed by atoms with Crippen molar-refractivity contribution < 1.29 is 9.13 Å². The lowest BCUT2D eigenvalue weighted by Gasteiger charge is -2.20. The van der Waals surface area contributed by atoms with E-state index in [1.54, 1.807) is 13.2 Å². The van der Waals surface area contributed by atoms with Crippen LogP contribution in [0.4, 0.5) is 10.2 Å². The molecule has 0 fully saturated rings. The van der Waals surface area contributed by atoms with Crippen molar-refractivity contribution in [1.29, 1.82) is 0 Å². The Morgan fingerprint density at radius 1 is 1.29 bits per heavy atom. The average molecular weight is 354 g/mol. The fourth-order valence-electron chi connectivity index (χ4n) is 1.99. The average Bonchev–Trinajstić information content (AvgIpc) is 2.41. The molecule has 0 aliphatic carbocycles. The molecule has 0 aliphatic rings. The number of aromatic nitrogens is 2. The van der Waals surface area contributed by atoms with Crippen molar-refractivity contribution in [3.63, 3.8) is 0 Å². The third-order valence-corrected chi connectivity index (χ3v) is 3.71. The predicted octanol–water partition coefficient (Wildman–Crippen LogP) is 3.47. The number of ether oxygens (including phenoxy) is 1. The molecule has 0 N–H and O–H groups in total. The number of hydrogen-bond acceptors (Lipinski definition) is 4. The van der Waals surface area contributed by atoms with Crippen LogP contribution in [0.15, 0.2) is 28.7 Å². The lowest BCUT2D eigenvalue weighted by Crippen LogP contribution is -2.19. The van der Waals surface area contributed by atoms with E-state index in [4.69, 9.17) is 4.74 Å². The van der Waals surface area contributed by atoms with Crippen molar-refractivity contribution in [2.45, 2.75) is 20.1 Å². The van der Waals surface area contributed by atoms with Gasteiger partial charge in [0, 0.05) is 36.9 Å². The van der Waals surface area contributed by atoms with Crippen molar-refractivity contribution in [3.8, 4) is 0 Å². The maximum atomic E-state index is 13.1. The normalized spacial score (nSPS) is 10.7. The number of hydrogen-bond donors (Lipinski definition) is 0. The smallest absolute Gasteiger partial charge is 0.156 e. The van der Waals surface area contributed by atoms with E-state index in [2.05, 4.69) is 25.9 Å². The Balaban J connectivity index is 2.21. The van der Waals surface area contributed by atoms with Crippen molar-refractivity contribution in [1.82, 2.24) is 9.97 Å². The zero-order chi connectivity index (χ0) is 15.4. The van der Waals surface area contributed by atoms with Crippen LogP contribution in [0.5, 0.6) is 0 Å². The Kier molecular flexibility index (Phi) is 5.25. The van der Waals surface area contributed by atoms with E-state index >= 15 is 0 Å². The molecule has 0 spiro atoms. The highest BCUT2D eigenvalue weighted by Gasteiger charge is 2.10. The molecule has 0 saturated carbocycles. The Morgan fingerprint density at radius 2 is 2.05 bits per heavy atom. The molecular weight excluding hydrogens is 337 g/mol. The molecule has 4 nitrogen and oxygen atoms in total. The van der Waals surface area contributed by atoms with Crippen molar-refractivity contribution in [3.05, 3.63) is 51.6 Å². The monoisotopic (exact) mass is 353 g/mol. The van der Waals surface area contributed by atoms with Crippen LogP contribution in [0.1, 0.15) is 17.1 Å². The third-order valence-electron chi connectivity index (χ3n) is 2.97. The van der Waals surface area contributed by atoms with Gasteiger partial charge < -0.3 is 9.64 Å². The van der Waals surface area contributed by atoms with Crippen LogP contribution in [0.2, 0.25) is 0 Å². The minimum Gasteiger partial charge on any atom is -0.377 e. The van der Waals surface area contributed by atoms with E-state index in [0.29, 0.717) is 19.0 Å². The summed E-state index contributed by atoms with van der Waals surface area (Å²) in [7, 11) is 3.55. The van der Waals surface area contributed by atoms with Gasteiger partial charge in [0.1, 0.15) is 18.2 Å². The van der Waals surface area contributed by atoms with Gasteiger partial charge in [-0.25, -0.2) is 14.4 Å². The molecule has 0 aliphatic heterocycles. The summed E-state index contributed by atoms with van der Waals surface area (Å²) in [5.74, 6) is 1.21. The Morgan fingerprint density at radius 3 is 2.71 bits per heavy atom. The van der Waals surface area contributed by atoms with Gasteiger partial charge in [0.15, 0.2) is 5.82 Å². The van der Waals surface area contributed by atoms with Gasteiger partial charge in [0.25, 0.3) is 0 Å². The molecule has 0 bridgehead atoms. The first kappa shape index (κ1) is 15.9. The lowest BCUT2D eigenvalue weighted by molar-refractivity contribution is 0.177. The highest BCUT2D eigenvalue weighted by molar-refractivity contribution is 9.10.